The smallest absolute Gasteiger partial charge is 0.106 e. The maximum absolute atomic E-state index is 5.16. The summed E-state index contributed by atoms with van der Waals surface area (Å²) < 4.78 is 5.16. The van der Waals surface area contributed by atoms with E-state index in [-0.39, 0.29) is 0 Å². The molecule has 3 nitrogen and oxygen atoms in total. The first kappa shape index (κ1) is 13.0. The molecule has 2 aromatic rings. The van der Waals surface area contributed by atoms with Gasteiger partial charge in [0.2, 0.25) is 0 Å². The third-order valence-electron chi connectivity index (χ3n) is 3.78. The fraction of sp³-hybridized carbons (Fsp3) is 0.294. The highest BCUT2D eigenvalue weighted by Gasteiger charge is 2.20. The predicted octanol–water partition coefficient (Wildman–Crippen LogP) is 4.45. The average Bonchev–Trinajstić information content (AvgIpc) is 3.03. The number of benzene rings is 1. The van der Waals surface area contributed by atoms with Gasteiger partial charge in [-0.2, -0.15) is 0 Å². The third kappa shape index (κ3) is 2.77. The molecule has 0 atom stereocenters. The Balaban J connectivity index is 1.75. The van der Waals surface area contributed by atoms with Gasteiger partial charge in [0.1, 0.15) is 7.11 Å². The van der Waals surface area contributed by atoms with E-state index in [9.17, 15) is 0 Å². The van der Waals surface area contributed by atoms with Crippen LogP contribution in [0.15, 0.2) is 52.4 Å². The molecule has 1 aliphatic carbocycles. The molecule has 1 fully saturated rings. The molecule has 1 aromatic heterocycles. The van der Waals surface area contributed by atoms with Gasteiger partial charge in [-0.25, -0.2) is 0 Å². The van der Waals surface area contributed by atoms with E-state index in [1.165, 1.54) is 22.8 Å². The molecule has 0 bridgehead atoms. The molecular weight excluding hydrogens is 250 g/mol. The Morgan fingerprint density at radius 3 is 2.50 bits per heavy atom. The first-order valence-electron chi connectivity index (χ1n) is 6.93. The zero-order valence-electron chi connectivity index (χ0n) is 11.6. The lowest BCUT2D eigenvalue weighted by Crippen LogP contribution is -2.13. The van der Waals surface area contributed by atoms with Crippen molar-refractivity contribution in [1.29, 1.82) is 0 Å². The molecule has 0 aliphatic heterocycles. The average molecular weight is 268 g/mol. The van der Waals surface area contributed by atoms with Gasteiger partial charge in [-0.3, -0.25) is 0 Å². The predicted molar refractivity (Wildman–Crippen MR) is 79.4 cm³/mol. The minimum atomic E-state index is 0.999. The highest BCUT2D eigenvalue weighted by Crippen LogP contribution is 2.33. The van der Waals surface area contributed by atoms with Gasteiger partial charge in [-0.05, 0) is 42.9 Å². The number of furan rings is 1. The molecule has 1 radical (unpaired) electrons. The molecule has 3 heteroatoms. The lowest BCUT2D eigenvalue weighted by atomic mass is 9.82. The number of oxime groups is 1. The highest BCUT2D eigenvalue weighted by atomic mass is 16.6. The summed E-state index contributed by atoms with van der Waals surface area (Å²) in [7, 11) is 1.61. The number of nitrogens with zero attached hydrogens (tertiary/aromatic N) is 1. The van der Waals surface area contributed by atoms with Crippen molar-refractivity contribution in [3.63, 3.8) is 0 Å². The van der Waals surface area contributed by atoms with Crippen molar-refractivity contribution in [2.24, 2.45) is 5.16 Å². The number of rotatable bonds is 3. The van der Waals surface area contributed by atoms with E-state index in [2.05, 4.69) is 29.4 Å². The molecule has 1 aromatic carbocycles. The zero-order valence-corrected chi connectivity index (χ0v) is 11.6. The van der Waals surface area contributed by atoms with E-state index in [0.717, 1.165) is 31.2 Å². The molecule has 0 spiro atoms. The molecule has 0 saturated heterocycles. The van der Waals surface area contributed by atoms with Crippen molar-refractivity contribution in [3.05, 3.63) is 54.3 Å². The summed E-state index contributed by atoms with van der Waals surface area (Å²) in [6.07, 6.45) is 7.63. The standard InChI is InChI=1S/C17H18NO2/c1-19-18-17-7-5-13(6-8-17)14-3-2-4-15(11-14)16-9-10-20-12-16/h2-4,9-12H,5-8H2,1H3. The summed E-state index contributed by atoms with van der Waals surface area (Å²) in [6.45, 7) is 0. The maximum Gasteiger partial charge on any atom is 0.106 e. The Morgan fingerprint density at radius 2 is 1.80 bits per heavy atom. The van der Waals surface area contributed by atoms with Gasteiger partial charge in [0.15, 0.2) is 0 Å². The van der Waals surface area contributed by atoms with E-state index in [1.54, 1.807) is 19.6 Å². The van der Waals surface area contributed by atoms with Crippen LogP contribution in [0.1, 0.15) is 31.2 Å². The second kappa shape index (κ2) is 5.95. The van der Waals surface area contributed by atoms with Crippen molar-refractivity contribution >= 4 is 5.71 Å². The van der Waals surface area contributed by atoms with Crippen LogP contribution in [0.5, 0.6) is 0 Å². The van der Waals surface area contributed by atoms with Crippen LogP contribution < -0.4 is 0 Å². The summed E-state index contributed by atoms with van der Waals surface area (Å²) in [5.41, 5.74) is 4.84. The monoisotopic (exact) mass is 268 g/mol. The molecular formula is C17H18NO2. The first-order valence-corrected chi connectivity index (χ1v) is 6.93. The second-order valence-electron chi connectivity index (χ2n) is 5.04. The Hall–Kier alpha value is -2.03. The summed E-state index contributed by atoms with van der Waals surface area (Å²) in [4.78, 5) is 4.86. The van der Waals surface area contributed by atoms with Crippen LogP contribution in [0.4, 0.5) is 0 Å². The van der Waals surface area contributed by atoms with Gasteiger partial charge in [-0.1, -0.05) is 29.4 Å². The van der Waals surface area contributed by atoms with Crippen LogP contribution in [0.2, 0.25) is 0 Å². The van der Waals surface area contributed by atoms with Crippen molar-refractivity contribution in [2.75, 3.05) is 7.11 Å². The molecule has 0 unspecified atom stereocenters. The molecule has 0 amide bonds. The van der Waals surface area contributed by atoms with Crippen LogP contribution in [-0.2, 0) is 4.84 Å². The molecule has 1 saturated carbocycles. The van der Waals surface area contributed by atoms with Crippen molar-refractivity contribution < 1.29 is 9.25 Å². The third-order valence-corrected chi connectivity index (χ3v) is 3.78. The fourth-order valence-electron chi connectivity index (χ4n) is 2.70. The topological polar surface area (TPSA) is 34.7 Å². The Morgan fingerprint density at radius 1 is 1.00 bits per heavy atom. The lowest BCUT2D eigenvalue weighted by Gasteiger charge is -2.22. The molecule has 1 heterocycles. The SMILES string of the molecule is CON=C1CC[C](c2cccc(-c3ccoc3)c2)CC1. The molecule has 0 N–H and O–H groups in total. The van der Waals surface area contributed by atoms with Crippen LogP contribution in [0, 0.1) is 5.92 Å². The minimum Gasteiger partial charge on any atom is -0.472 e. The van der Waals surface area contributed by atoms with Gasteiger partial charge >= 0.3 is 0 Å². The second-order valence-corrected chi connectivity index (χ2v) is 5.04. The Kier molecular flexibility index (Phi) is 3.86. The van der Waals surface area contributed by atoms with E-state index in [4.69, 9.17) is 9.25 Å². The van der Waals surface area contributed by atoms with Gasteiger partial charge in [0.05, 0.1) is 18.2 Å². The number of hydrogen-bond acceptors (Lipinski definition) is 3. The largest absolute Gasteiger partial charge is 0.472 e. The van der Waals surface area contributed by atoms with Gasteiger partial charge in [-0.15, -0.1) is 0 Å². The zero-order chi connectivity index (χ0) is 13.8. The summed E-state index contributed by atoms with van der Waals surface area (Å²) in [6, 6.07) is 10.7. The van der Waals surface area contributed by atoms with Crippen LogP contribution in [-0.4, -0.2) is 12.8 Å². The highest BCUT2D eigenvalue weighted by molar-refractivity contribution is 5.85. The molecule has 20 heavy (non-hydrogen) atoms. The van der Waals surface area contributed by atoms with Gasteiger partial charge < -0.3 is 9.25 Å². The Bertz CT molecular complexity index is 577. The minimum absolute atomic E-state index is 0.999. The molecule has 103 valence electrons. The normalized spacial score (nSPS) is 16.1. The fourth-order valence-corrected chi connectivity index (χ4v) is 2.70. The summed E-state index contributed by atoms with van der Waals surface area (Å²) in [5.74, 6) is 1.50. The van der Waals surface area contributed by atoms with Crippen molar-refractivity contribution in [2.45, 2.75) is 25.7 Å². The summed E-state index contributed by atoms with van der Waals surface area (Å²) in [5, 5.41) is 4.06. The van der Waals surface area contributed by atoms with Crippen molar-refractivity contribution in [3.8, 4) is 11.1 Å². The van der Waals surface area contributed by atoms with Gasteiger partial charge in [0, 0.05) is 11.5 Å². The van der Waals surface area contributed by atoms with Crippen LogP contribution in [0.25, 0.3) is 11.1 Å². The first-order chi connectivity index (χ1) is 9.86. The summed E-state index contributed by atoms with van der Waals surface area (Å²) >= 11 is 0. The maximum atomic E-state index is 5.16. The lowest BCUT2D eigenvalue weighted by molar-refractivity contribution is 0.211. The molecule has 1 aliphatic rings. The molecule has 3 rings (SSSR count). The number of hydrogen-bond donors (Lipinski definition) is 0. The van der Waals surface area contributed by atoms with Crippen molar-refractivity contribution in [1.82, 2.24) is 0 Å². The van der Waals surface area contributed by atoms with Crippen LogP contribution >= 0.6 is 0 Å². The van der Waals surface area contributed by atoms with E-state index in [1.807, 2.05) is 6.07 Å². The van der Waals surface area contributed by atoms with E-state index in [0.29, 0.717) is 0 Å². The quantitative estimate of drug-likeness (QED) is 0.771. The van der Waals surface area contributed by atoms with E-state index < -0.39 is 0 Å². The van der Waals surface area contributed by atoms with E-state index >= 15 is 0 Å². The Labute approximate surface area is 119 Å². The van der Waals surface area contributed by atoms with Gasteiger partial charge in [0.25, 0.3) is 0 Å². The van der Waals surface area contributed by atoms with Crippen LogP contribution in [0.3, 0.4) is 0 Å².